The van der Waals surface area contributed by atoms with Crippen LogP contribution in [0.15, 0.2) is 24.3 Å². The molecule has 1 rings (SSSR count). The molecule has 1 atom stereocenters. The minimum Gasteiger partial charge on any atom is -0.497 e. The maximum atomic E-state index is 13.7. The molecule has 2 nitrogen and oxygen atoms in total. The van der Waals surface area contributed by atoms with Crippen molar-refractivity contribution in [2.75, 3.05) is 7.11 Å². The zero-order valence-electron chi connectivity index (χ0n) is 9.12. The summed E-state index contributed by atoms with van der Waals surface area (Å²) in [5.41, 5.74) is -0.898. The molecule has 0 saturated carbocycles. The average Bonchev–Trinajstić information content (AvgIpc) is 2.17. The number of hydrogen-bond acceptors (Lipinski definition) is 1. The molecule has 0 amide bonds. The highest BCUT2D eigenvalue weighted by Crippen LogP contribution is 2.33. The first-order valence-corrected chi connectivity index (χ1v) is 4.68. The highest BCUT2D eigenvalue weighted by atomic mass is 19.1. The molecule has 0 bridgehead atoms. The highest BCUT2D eigenvalue weighted by Gasteiger charge is 2.36. The minimum absolute atomic E-state index is 0.644. The number of alkyl halides is 1. The normalized spacial score (nSPS) is 13.0. The molecule has 1 aromatic carbocycles. The lowest BCUT2D eigenvalue weighted by Gasteiger charge is -2.17. The van der Waals surface area contributed by atoms with Crippen LogP contribution in [-0.2, 0) is 0 Å². The Labute approximate surface area is 89.5 Å². The SMILES string of the molecule is [C-]#[N+]C(c1cccc(OC)c1)C(C)(C)F. The molecule has 0 aliphatic rings. The molecule has 0 N–H and O–H groups in total. The summed E-state index contributed by atoms with van der Waals surface area (Å²) in [6.45, 7) is 9.85. The number of nitrogens with zero attached hydrogens (tertiary/aromatic N) is 1. The maximum Gasteiger partial charge on any atom is 0.281 e. The van der Waals surface area contributed by atoms with Crippen molar-refractivity contribution in [1.29, 1.82) is 0 Å². The van der Waals surface area contributed by atoms with Gasteiger partial charge in [0.2, 0.25) is 0 Å². The predicted molar refractivity (Wildman–Crippen MR) is 57.5 cm³/mol. The molecule has 0 aliphatic carbocycles. The summed E-state index contributed by atoms with van der Waals surface area (Å²) >= 11 is 0. The number of methoxy groups -OCH3 is 1. The first-order valence-electron chi connectivity index (χ1n) is 4.68. The molecule has 0 saturated heterocycles. The van der Waals surface area contributed by atoms with E-state index in [2.05, 4.69) is 4.85 Å². The molecule has 0 aromatic heterocycles. The van der Waals surface area contributed by atoms with E-state index in [4.69, 9.17) is 11.3 Å². The summed E-state index contributed by atoms with van der Waals surface area (Å²) in [6.07, 6.45) is 0. The molecule has 0 heterocycles. The van der Waals surface area contributed by atoms with Crippen LogP contribution in [0.25, 0.3) is 4.85 Å². The number of hydrogen-bond donors (Lipinski definition) is 0. The molecule has 1 unspecified atom stereocenters. The van der Waals surface area contributed by atoms with Crippen molar-refractivity contribution in [3.8, 4) is 5.75 Å². The van der Waals surface area contributed by atoms with Gasteiger partial charge in [-0.15, -0.1) is 0 Å². The smallest absolute Gasteiger partial charge is 0.281 e. The van der Waals surface area contributed by atoms with E-state index in [1.54, 1.807) is 31.4 Å². The summed E-state index contributed by atoms with van der Waals surface area (Å²) in [5, 5.41) is 0. The quantitative estimate of drug-likeness (QED) is 0.692. The van der Waals surface area contributed by atoms with Crippen molar-refractivity contribution in [3.63, 3.8) is 0 Å². The van der Waals surface area contributed by atoms with Crippen molar-refractivity contribution in [1.82, 2.24) is 0 Å². The van der Waals surface area contributed by atoms with Crippen LogP contribution >= 0.6 is 0 Å². The van der Waals surface area contributed by atoms with Crippen molar-refractivity contribution in [2.45, 2.75) is 25.6 Å². The van der Waals surface area contributed by atoms with Gasteiger partial charge in [-0.3, -0.25) is 0 Å². The van der Waals surface area contributed by atoms with Crippen molar-refractivity contribution >= 4 is 0 Å². The Morgan fingerprint density at radius 3 is 2.60 bits per heavy atom. The average molecular weight is 207 g/mol. The van der Waals surface area contributed by atoms with Gasteiger partial charge in [-0.1, -0.05) is 12.1 Å². The molecule has 0 fully saturated rings. The van der Waals surface area contributed by atoms with Gasteiger partial charge in [0.15, 0.2) is 5.67 Å². The second kappa shape index (κ2) is 4.31. The van der Waals surface area contributed by atoms with E-state index < -0.39 is 11.7 Å². The van der Waals surface area contributed by atoms with Crippen LogP contribution in [0.2, 0.25) is 0 Å². The fraction of sp³-hybridized carbons (Fsp3) is 0.417. The molecule has 0 aliphatic heterocycles. The molecule has 15 heavy (non-hydrogen) atoms. The first-order chi connectivity index (χ1) is 6.99. The van der Waals surface area contributed by atoms with Gasteiger partial charge < -0.3 is 9.58 Å². The summed E-state index contributed by atoms with van der Waals surface area (Å²) < 4.78 is 18.8. The monoisotopic (exact) mass is 207 g/mol. The Hall–Kier alpha value is -1.56. The van der Waals surface area contributed by atoms with Crippen molar-refractivity contribution in [2.24, 2.45) is 0 Å². The zero-order valence-corrected chi connectivity index (χ0v) is 9.12. The molecule has 80 valence electrons. The van der Waals surface area contributed by atoms with Gasteiger partial charge in [0.05, 0.1) is 7.11 Å². The van der Waals surface area contributed by atoms with Crippen molar-refractivity contribution < 1.29 is 9.13 Å². The molecule has 0 radical (unpaired) electrons. The summed E-state index contributed by atoms with van der Waals surface area (Å²) in [5.74, 6) is 0.644. The third kappa shape index (κ3) is 2.69. The van der Waals surface area contributed by atoms with Crippen LogP contribution in [0.4, 0.5) is 4.39 Å². The van der Waals surface area contributed by atoms with E-state index in [-0.39, 0.29) is 0 Å². The molecular formula is C12H14FNO. The maximum absolute atomic E-state index is 13.7. The van der Waals surface area contributed by atoms with E-state index in [1.165, 1.54) is 13.8 Å². The summed E-state index contributed by atoms with van der Waals surface area (Å²) in [7, 11) is 1.55. The third-order valence-electron chi connectivity index (χ3n) is 2.19. The van der Waals surface area contributed by atoms with Crippen LogP contribution in [0.1, 0.15) is 25.5 Å². The van der Waals surface area contributed by atoms with Crippen LogP contribution in [-0.4, -0.2) is 12.8 Å². The Morgan fingerprint density at radius 1 is 1.47 bits per heavy atom. The third-order valence-corrected chi connectivity index (χ3v) is 2.19. The predicted octanol–water partition coefficient (Wildman–Crippen LogP) is 3.40. The van der Waals surface area contributed by atoms with Gasteiger partial charge in [-0.05, 0) is 26.0 Å². The molecule has 0 spiro atoms. The van der Waals surface area contributed by atoms with Gasteiger partial charge in [-0.2, -0.15) is 0 Å². The fourth-order valence-corrected chi connectivity index (χ4v) is 1.44. The van der Waals surface area contributed by atoms with Crippen LogP contribution in [0, 0.1) is 6.57 Å². The van der Waals surface area contributed by atoms with Gasteiger partial charge >= 0.3 is 0 Å². The van der Waals surface area contributed by atoms with Crippen LogP contribution < -0.4 is 4.74 Å². The topological polar surface area (TPSA) is 13.6 Å². The van der Waals surface area contributed by atoms with Gasteiger partial charge in [0.1, 0.15) is 5.75 Å². The summed E-state index contributed by atoms with van der Waals surface area (Å²) in [6, 6.07) is 6.19. The van der Waals surface area contributed by atoms with Gasteiger partial charge in [-0.25, -0.2) is 11.0 Å². The Bertz CT molecular complexity index is 376. The van der Waals surface area contributed by atoms with E-state index in [9.17, 15) is 4.39 Å². The standard InChI is InChI=1S/C12H14FNO/c1-12(2,13)11(14-3)9-6-5-7-10(8-9)15-4/h5-8,11H,1-2,4H3. The largest absolute Gasteiger partial charge is 0.497 e. The molecule has 1 aromatic rings. The Kier molecular flexibility index (Phi) is 3.31. The van der Waals surface area contributed by atoms with Crippen LogP contribution in [0.5, 0.6) is 5.75 Å². The highest BCUT2D eigenvalue weighted by molar-refractivity contribution is 5.33. The number of halogens is 1. The van der Waals surface area contributed by atoms with Gasteiger partial charge in [0.25, 0.3) is 6.04 Å². The number of benzene rings is 1. The lowest BCUT2D eigenvalue weighted by molar-refractivity contribution is 0.193. The van der Waals surface area contributed by atoms with Gasteiger partial charge in [0, 0.05) is 5.56 Å². The van der Waals surface area contributed by atoms with E-state index >= 15 is 0 Å². The van der Waals surface area contributed by atoms with Crippen molar-refractivity contribution in [3.05, 3.63) is 41.2 Å². The van der Waals surface area contributed by atoms with Crippen LogP contribution in [0.3, 0.4) is 0 Å². The Morgan fingerprint density at radius 2 is 2.13 bits per heavy atom. The van der Waals surface area contributed by atoms with E-state index in [0.29, 0.717) is 11.3 Å². The lowest BCUT2D eigenvalue weighted by Crippen LogP contribution is -2.21. The summed E-state index contributed by atoms with van der Waals surface area (Å²) in [4.78, 5) is 3.32. The minimum atomic E-state index is -1.55. The van der Waals surface area contributed by atoms with E-state index in [1.807, 2.05) is 0 Å². The fourth-order valence-electron chi connectivity index (χ4n) is 1.44. The zero-order chi connectivity index (χ0) is 11.5. The second-order valence-corrected chi connectivity index (χ2v) is 3.87. The number of ether oxygens (including phenoxy) is 1. The van der Waals surface area contributed by atoms with E-state index in [0.717, 1.165) is 0 Å². The number of rotatable bonds is 3. The Balaban J connectivity index is 3.09. The first kappa shape index (κ1) is 11.5. The second-order valence-electron chi connectivity index (χ2n) is 3.87. The molecular weight excluding hydrogens is 193 g/mol. The lowest BCUT2D eigenvalue weighted by atomic mass is 9.94. The molecule has 3 heteroatoms.